The molecule has 9 nitrogen and oxygen atoms in total. The number of hydrogen-bond acceptors (Lipinski definition) is 7. The maximum atomic E-state index is 13.6. The van der Waals surface area contributed by atoms with Gasteiger partial charge in [0.1, 0.15) is 5.82 Å². The minimum atomic E-state index is -1.26. The molecule has 246 valence electrons. The number of piperidine rings is 1. The number of hydrogen-bond donors (Lipinski definition) is 3. The third kappa shape index (κ3) is 12.5. The lowest BCUT2D eigenvalue weighted by Gasteiger charge is -2.37. The van der Waals surface area contributed by atoms with Crippen LogP contribution in [0.25, 0.3) is 0 Å². The number of methoxy groups -OCH3 is 1. The minimum Gasteiger partial charge on any atom is -0.493 e. The van der Waals surface area contributed by atoms with Crippen LogP contribution in [0.1, 0.15) is 53.7 Å². The molecule has 0 aliphatic carbocycles. The molecule has 46 heavy (non-hydrogen) atoms. The van der Waals surface area contributed by atoms with Crippen molar-refractivity contribution in [1.29, 1.82) is 0 Å². The molecule has 1 aliphatic rings. The van der Waals surface area contributed by atoms with E-state index in [-0.39, 0.29) is 17.6 Å². The van der Waals surface area contributed by atoms with Crippen LogP contribution in [0.2, 0.25) is 0 Å². The van der Waals surface area contributed by atoms with Crippen molar-refractivity contribution in [3.05, 3.63) is 107 Å². The fraction of sp³-hybridized carbons (Fsp3) is 0.361. The average Bonchev–Trinajstić information content (AvgIpc) is 3.06. The number of halogens is 1. The monoisotopic (exact) mass is 634 g/mol. The third-order valence-electron chi connectivity index (χ3n) is 7.77. The molecule has 0 amide bonds. The van der Waals surface area contributed by atoms with E-state index < -0.39 is 11.9 Å². The Hall–Kier alpha value is -4.54. The topological polar surface area (TPSA) is 125 Å². The van der Waals surface area contributed by atoms with E-state index in [1.165, 1.54) is 5.56 Å². The number of nitrogens with zero attached hydrogens (tertiary/aromatic N) is 1. The molecule has 3 aromatic rings. The van der Waals surface area contributed by atoms with E-state index in [9.17, 15) is 18.8 Å². The van der Waals surface area contributed by atoms with Gasteiger partial charge in [-0.05, 0) is 99.6 Å². The van der Waals surface area contributed by atoms with E-state index in [1.54, 1.807) is 44.4 Å². The predicted molar refractivity (Wildman–Crippen MR) is 174 cm³/mol. The van der Waals surface area contributed by atoms with E-state index in [0.717, 1.165) is 57.4 Å². The molecular weight excluding hydrogens is 591 g/mol. The number of ether oxygens (including phenoxy) is 2. The summed E-state index contributed by atoms with van der Waals surface area (Å²) in [5.41, 5.74) is 3.10. The Bertz CT molecular complexity index is 1410. The molecule has 0 spiro atoms. The van der Waals surface area contributed by atoms with Gasteiger partial charge < -0.3 is 29.9 Å². The second-order valence-corrected chi connectivity index (χ2v) is 11.0. The van der Waals surface area contributed by atoms with E-state index in [0.29, 0.717) is 41.7 Å². The van der Waals surface area contributed by atoms with Gasteiger partial charge in [0.25, 0.3) is 0 Å². The molecule has 1 saturated heterocycles. The van der Waals surface area contributed by atoms with Crippen molar-refractivity contribution in [2.45, 2.75) is 38.6 Å². The van der Waals surface area contributed by atoms with Crippen molar-refractivity contribution in [3.63, 3.8) is 0 Å². The van der Waals surface area contributed by atoms with E-state index in [1.807, 2.05) is 18.2 Å². The van der Waals surface area contributed by atoms with Gasteiger partial charge in [0.05, 0.1) is 13.7 Å². The molecule has 4 rings (SSSR count). The van der Waals surface area contributed by atoms with E-state index >= 15 is 0 Å². The van der Waals surface area contributed by atoms with Crippen LogP contribution in [-0.4, -0.2) is 72.7 Å². The summed E-state index contributed by atoms with van der Waals surface area (Å²) in [5, 5.41) is 19.4. The van der Waals surface area contributed by atoms with E-state index in [2.05, 4.69) is 34.5 Å². The first kappa shape index (κ1) is 35.9. The molecule has 10 heteroatoms. The Morgan fingerprint density at radius 1 is 0.957 bits per heavy atom. The number of carbonyl (C=O) groups is 3. The second-order valence-electron chi connectivity index (χ2n) is 11.0. The highest BCUT2D eigenvalue weighted by Gasteiger charge is 2.27. The first-order valence-electron chi connectivity index (χ1n) is 15.4. The van der Waals surface area contributed by atoms with Crippen LogP contribution >= 0.6 is 0 Å². The summed E-state index contributed by atoms with van der Waals surface area (Å²) in [6.45, 7) is 6.08. The number of benzene rings is 3. The number of carboxylic acid groups (broad SMARTS) is 2. The molecule has 1 heterocycles. The van der Waals surface area contributed by atoms with Crippen LogP contribution < -0.4 is 14.8 Å². The molecule has 0 aromatic heterocycles. The van der Waals surface area contributed by atoms with Crippen LogP contribution in [0.4, 0.5) is 4.39 Å². The zero-order chi connectivity index (χ0) is 33.3. The lowest BCUT2D eigenvalue weighted by atomic mass is 9.85. The summed E-state index contributed by atoms with van der Waals surface area (Å²) in [4.78, 5) is 33.2. The van der Waals surface area contributed by atoms with Gasteiger partial charge in [0, 0.05) is 30.3 Å². The number of nitrogens with one attached hydrogen (secondary N) is 1. The summed E-state index contributed by atoms with van der Waals surface area (Å²) in [5.74, 6) is -0.940. The van der Waals surface area contributed by atoms with Crippen molar-refractivity contribution in [3.8, 4) is 11.5 Å². The lowest BCUT2D eigenvalue weighted by Crippen LogP contribution is -2.40. The van der Waals surface area contributed by atoms with Crippen LogP contribution in [0.3, 0.4) is 0 Å². The predicted octanol–water partition coefficient (Wildman–Crippen LogP) is 5.80. The lowest BCUT2D eigenvalue weighted by molar-refractivity contribution is -0.134. The van der Waals surface area contributed by atoms with Crippen LogP contribution in [0, 0.1) is 11.7 Å². The van der Waals surface area contributed by atoms with Crippen molar-refractivity contribution in [2.75, 3.05) is 39.9 Å². The Kier molecular flexibility index (Phi) is 14.9. The number of carboxylic acids is 2. The summed E-state index contributed by atoms with van der Waals surface area (Å²) in [6, 6.07) is 23.0. The van der Waals surface area contributed by atoms with Gasteiger partial charge in [0.2, 0.25) is 0 Å². The fourth-order valence-electron chi connectivity index (χ4n) is 5.37. The Morgan fingerprint density at radius 2 is 1.61 bits per heavy atom. The largest absolute Gasteiger partial charge is 0.493 e. The van der Waals surface area contributed by atoms with Crippen LogP contribution in [0.5, 0.6) is 11.5 Å². The maximum absolute atomic E-state index is 13.6. The smallest absolute Gasteiger partial charge is 0.328 e. The number of aliphatic carboxylic acids is 2. The van der Waals surface area contributed by atoms with Crippen molar-refractivity contribution in [1.82, 2.24) is 10.2 Å². The van der Waals surface area contributed by atoms with Gasteiger partial charge in [-0.3, -0.25) is 4.79 Å². The van der Waals surface area contributed by atoms with Gasteiger partial charge >= 0.3 is 11.9 Å². The van der Waals surface area contributed by atoms with Crippen molar-refractivity contribution in [2.24, 2.45) is 5.92 Å². The highest BCUT2D eigenvalue weighted by atomic mass is 19.1. The van der Waals surface area contributed by atoms with Gasteiger partial charge in [-0.1, -0.05) is 42.5 Å². The summed E-state index contributed by atoms with van der Waals surface area (Å²) in [6.07, 6.45) is 5.20. The summed E-state index contributed by atoms with van der Waals surface area (Å²) >= 11 is 0. The highest BCUT2D eigenvalue weighted by Crippen LogP contribution is 2.32. The number of rotatable bonds is 15. The molecule has 0 radical (unpaired) electrons. The molecular formula is C36H43FN2O7. The van der Waals surface area contributed by atoms with Gasteiger partial charge in [0.15, 0.2) is 17.3 Å². The normalized spacial score (nSPS) is 14.2. The molecule has 1 aliphatic heterocycles. The first-order valence-corrected chi connectivity index (χ1v) is 15.4. The third-order valence-corrected chi connectivity index (χ3v) is 7.77. The first-order chi connectivity index (χ1) is 22.2. The molecule has 3 N–H and O–H groups in total. The summed E-state index contributed by atoms with van der Waals surface area (Å²) in [7, 11) is 1.59. The minimum absolute atomic E-state index is 0.00585. The second kappa shape index (κ2) is 19.1. The van der Waals surface area contributed by atoms with Gasteiger partial charge in [-0.2, -0.15) is 0 Å². The van der Waals surface area contributed by atoms with Crippen LogP contribution in [-0.2, 0) is 16.0 Å². The summed E-state index contributed by atoms with van der Waals surface area (Å²) < 4.78 is 25.0. The Morgan fingerprint density at radius 3 is 2.20 bits per heavy atom. The molecule has 1 atom stereocenters. The van der Waals surface area contributed by atoms with E-state index in [4.69, 9.17) is 19.7 Å². The quantitative estimate of drug-likeness (QED) is 0.108. The average molecular weight is 635 g/mol. The number of ketones is 1. The highest BCUT2D eigenvalue weighted by molar-refractivity contribution is 5.94. The van der Waals surface area contributed by atoms with Crippen molar-refractivity contribution < 1.29 is 38.5 Å². The van der Waals surface area contributed by atoms with Gasteiger partial charge in [-0.25, -0.2) is 14.0 Å². The molecule has 1 unspecified atom stereocenters. The maximum Gasteiger partial charge on any atom is 0.328 e. The SMILES string of the molecule is COc1cc(C(C)=O)ccc1OCCCN1CCC(C(NCCc2ccccc2)c2ccc(F)cc2)CC1.O=C(O)/C=C/C(=O)O. The standard InChI is InChI=1S/C32H39FN2O3.C4H4O4/c1-24(36)28-11-14-30(31(23-28)37-2)38-22-6-19-35-20-16-27(17-21-35)32(26-9-12-29(33)13-10-26)34-18-15-25-7-4-3-5-8-25;5-3(6)1-2-4(7)8/h3-5,7-14,23,27,32,34H,6,15-22H2,1-2H3;1-2H,(H,5,6)(H,7,8)/b;2-1+. The number of carbonyl (C=O) groups excluding carboxylic acids is 1. The molecule has 0 saturated carbocycles. The number of Topliss-reactive ketones (excluding diaryl/α,β-unsaturated/α-hetero) is 1. The van der Waals surface area contributed by atoms with Gasteiger partial charge in [-0.15, -0.1) is 0 Å². The zero-order valence-electron chi connectivity index (χ0n) is 26.4. The molecule has 3 aromatic carbocycles. The fourth-order valence-corrected chi connectivity index (χ4v) is 5.37. The number of likely N-dealkylation sites (tertiary alicyclic amines) is 1. The Labute approximate surface area is 269 Å². The Balaban J connectivity index is 0.000000637. The molecule has 0 bridgehead atoms. The molecule has 1 fully saturated rings. The van der Waals surface area contributed by atoms with Crippen molar-refractivity contribution >= 4 is 17.7 Å². The van der Waals surface area contributed by atoms with Crippen LogP contribution in [0.15, 0.2) is 84.9 Å². The zero-order valence-corrected chi connectivity index (χ0v) is 26.4.